The van der Waals surface area contributed by atoms with Crippen molar-refractivity contribution in [3.8, 4) is 11.3 Å². The Labute approximate surface area is 168 Å². The first-order valence-electron chi connectivity index (χ1n) is 9.33. The second-order valence-electron chi connectivity index (χ2n) is 6.90. The van der Waals surface area contributed by atoms with E-state index in [9.17, 15) is 4.79 Å². The van der Waals surface area contributed by atoms with Crippen molar-refractivity contribution in [2.75, 3.05) is 26.7 Å². The molecule has 1 saturated heterocycles. The number of carbonyl (C=O) groups excluding carboxylic acids is 1. The number of benzene rings is 1. The molecule has 1 aliphatic heterocycles. The number of aromatic nitrogens is 2. The average Bonchev–Trinajstić information content (AvgIpc) is 3.22. The monoisotopic (exact) mass is 393 g/mol. The Kier molecular flexibility index (Phi) is 5.64. The van der Waals surface area contributed by atoms with Gasteiger partial charge in [-0.25, -0.2) is 9.78 Å². The van der Waals surface area contributed by atoms with Gasteiger partial charge in [-0.3, -0.25) is 4.98 Å². The summed E-state index contributed by atoms with van der Waals surface area (Å²) in [7, 11) is 2.10. The van der Waals surface area contributed by atoms with Gasteiger partial charge < -0.3 is 15.1 Å². The number of thiazole rings is 1. The van der Waals surface area contributed by atoms with Crippen LogP contribution in [-0.2, 0) is 6.54 Å². The van der Waals surface area contributed by atoms with Crippen LogP contribution in [0.4, 0.5) is 4.79 Å². The van der Waals surface area contributed by atoms with Gasteiger partial charge in [-0.1, -0.05) is 30.3 Å². The lowest BCUT2D eigenvalue weighted by atomic mass is 10.0. The van der Waals surface area contributed by atoms with Gasteiger partial charge in [0, 0.05) is 43.0 Å². The van der Waals surface area contributed by atoms with Crippen LogP contribution in [0.15, 0.2) is 60.2 Å². The molecule has 1 fully saturated rings. The fraction of sp³-hybridized carbons (Fsp3) is 0.286. The second kappa shape index (κ2) is 8.50. The molecule has 6 nitrogen and oxygen atoms in total. The van der Waals surface area contributed by atoms with Gasteiger partial charge in [-0.05, 0) is 24.7 Å². The molecular weight excluding hydrogens is 370 g/mol. The van der Waals surface area contributed by atoms with Crippen LogP contribution in [-0.4, -0.2) is 52.5 Å². The summed E-state index contributed by atoms with van der Waals surface area (Å²) in [6, 6.07) is 14.1. The molecule has 4 rings (SSSR count). The Morgan fingerprint density at radius 3 is 2.75 bits per heavy atom. The maximum atomic E-state index is 12.9. The van der Waals surface area contributed by atoms with Gasteiger partial charge in [0.1, 0.15) is 5.01 Å². The summed E-state index contributed by atoms with van der Waals surface area (Å²) < 4.78 is 0. The van der Waals surface area contributed by atoms with E-state index in [1.165, 1.54) is 5.56 Å². The molecule has 0 saturated carbocycles. The highest BCUT2D eigenvalue weighted by Gasteiger charge is 2.30. The summed E-state index contributed by atoms with van der Waals surface area (Å²) in [6.45, 7) is 2.85. The Morgan fingerprint density at radius 1 is 1.18 bits per heavy atom. The van der Waals surface area contributed by atoms with E-state index in [0.29, 0.717) is 13.1 Å². The number of hydrogen-bond donors (Lipinski definition) is 1. The van der Waals surface area contributed by atoms with Crippen LogP contribution in [0, 0.1) is 0 Å². The zero-order valence-corrected chi connectivity index (χ0v) is 16.6. The maximum Gasteiger partial charge on any atom is 0.318 e. The van der Waals surface area contributed by atoms with Crippen LogP contribution >= 0.6 is 11.3 Å². The average molecular weight is 394 g/mol. The summed E-state index contributed by atoms with van der Waals surface area (Å²) in [4.78, 5) is 25.8. The predicted molar refractivity (Wildman–Crippen MR) is 111 cm³/mol. The van der Waals surface area contributed by atoms with Crippen molar-refractivity contribution >= 4 is 17.4 Å². The summed E-state index contributed by atoms with van der Waals surface area (Å²) >= 11 is 1.56. The highest BCUT2D eigenvalue weighted by atomic mass is 32.1. The SMILES string of the molecule is CN1CCN(C(=O)NCc2nc(-c3ccncc3)cs2)C(c2ccccc2)C1. The third-order valence-electron chi connectivity index (χ3n) is 4.95. The van der Waals surface area contributed by atoms with E-state index in [-0.39, 0.29) is 12.1 Å². The molecule has 144 valence electrons. The molecule has 2 aromatic heterocycles. The van der Waals surface area contributed by atoms with Gasteiger partial charge in [0.2, 0.25) is 0 Å². The van der Waals surface area contributed by atoms with Gasteiger partial charge in [0.05, 0.1) is 18.3 Å². The van der Waals surface area contributed by atoms with Crippen LogP contribution in [0.5, 0.6) is 0 Å². The third-order valence-corrected chi connectivity index (χ3v) is 5.80. The quantitative estimate of drug-likeness (QED) is 0.738. The highest BCUT2D eigenvalue weighted by Crippen LogP contribution is 2.25. The van der Waals surface area contributed by atoms with Crippen molar-refractivity contribution in [3.05, 3.63) is 70.8 Å². The van der Waals surface area contributed by atoms with E-state index >= 15 is 0 Å². The predicted octanol–water partition coefficient (Wildman–Crippen LogP) is 3.40. The number of rotatable bonds is 4. The zero-order valence-electron chi connectivity index (χ0n) is 15.8. The van der Waals surface area contributed by atoms with E-state index in [0.717, 1.165) is 29.4 Å². The first-order chi connectivity index (χ1) is 13.7. The minimum Gasteiger partial charge on any atom is -0.331 e. The maximum absolute atomic E-state index is 12.9. The molecule has 0 aliphatic carbocycles. The number of nitrogens with zero attached hydrogens (tertiary/aromatic N) is 4. The molecule has 3 aromatic rings. The highest BCUT2D eigenvalue weighted by molar-refractivity contribution is 7.09. The molecule has 7 heteroatoms. The normalized spacial score (nSPS) is 17.5. The van der Waals surface area contributed by atoms with E-state index in [4.69, 9.17) is 0 Å². The lowest BCUT2D eigenvalue weighted by Gasteiger charge is -2.40. The fourth-order valence-electron chi connectivity index (χ4n) is 3.42. The van der Waals surface area contributed by atoms with Crippen molar-refractivity contribution in [1.29, 1.82) is 0 Å². The molecule has 1 aromatic carbocycles. The molecule has 0 spiro atoms. The summed E-state index contributed by atoms with van der Waals surface area (Å²) in [5, 5.41) is 5.96. The minimum atomic E-state index is -0.0392. The lowest BCUT2D eigenvalue weighted by Crippen LogP contribution is -2.52. The van der Waals surface area contributed by atoms with Crippen LogP contribution < -0.4 is 5.32 Å². The van der Waals surface area contributed by atoms with E-state index in [1.807, 2.05) is 40.6 Å². The number of carbonyl (C=O) groups is 1. The molecule has 3 heterocycles. The molecule has 1 atom stereocenters. The lowest BCUT2D eigenvalue weighted by molar-refractivity contribution is 0.108. The molecule has 0 radical (unpaired) electrons. The van der Waals surface area contributed by atoms with Crippen molar-refractivity contribution in [1.82, 2.24) is 25.1 Å². The van der Waals surface area contributed by atoms with Gasteiger partial charge in [0.25, 0.3) is 0 Å². The van der Waals surface area contributed by atoms with Crippen molar-refractivity contribution in [2.45, 2.75) is 12.6 Å². The smallest absolute Gasteiger partial charge is 0.318 e. The summed E-state index contributed by atoms with van der Waals surface area (Å²) in [5.41, 5.74) is 3.11. The topological polar surface area (TPSA) is 61.4 Å². The van der Waals surface area contributed by atoms with Crippen LogP contribution in [0.2, 0.25) is 0 Å². The van der Waals surface area contributed by atoms with Crippen molar-refractivity contribution in [2.24, 2.45) is 0 Å². The van der Waals surface area contributed by atoms with Crippen molar-refractivity contribution < 1.29 is 4.79 Å². The summed E-state index contributed by atoms with van der Waals surface area (Å²) in [6.07, 6.45) is 3.51. The number of piperazine rings is 1. The Balaban J connectivity index is 1.42. The minimum absolute atomic E-state index is 0.0392. The number of nitrogens with one attached hydrogen (secondary N) is 1. The van der Waals surface area contributed by atoms with Crippen LogP contribution in [0.3, 0.4) is 0 Å². The molecule has 1 aliphatic rings. The number of hydrogen-bond acceptors (Lipinski definition) is 5. The summed E-state index contributed by atoms with van der Waals surface area (Å²) in [5.74, 6) is 0. The van der Waals surface area contributed by atoms with Gasteiger partial charge in [0.15, 0.2) is 0 Å². The Bertz CT molecular complexity index is 915. The van der Waals surface area contributed by atoms with E-state index < -0.39 is 0 Å². The number of urea groups is 1. The van der Waals surface area contributed by atoms with E-state index in [2.05, 4.69) is 39.4 Å². The molecule has 28 heavy (non-hydrogen) atoms. The largest absolute Gasteiger partial charge is 0.331 e. The fourth-order valence-corrected chi connectivity index (χ4v) is 4.17. The molecular formula is C21H23N5OS. The Morgan fingerprint density at radius 2 is 1.96 bits per heavy atom. The van der Waals surface area contributed by atoms with Crippen molar-refractivity contribution in [3.63, 3.8) is 0 Å². The van der Waals surface area contributed by atoms with Gasteiger partial charge in [-0.2, -0.15) is 0 Å². The second-order valence-corrected chi connectivity index (χ2v) is 7.85. The molecule has 0 bridgehead atoms. The molecule has 1 N–H and O–H groups in total. The standard InChI is InChI=1S/C21H23N5OS/c1-25-11-12-26(19(14-25)17-5-3-2-4-6-17)21(27)23-13-20-24-18(15-28-20)16-7-9-22-10-8-16/h2-10,15,19H,11-14H2,1H3,(H,23,27). The van der Waals surface area contributed by atoms with Crippen LogP contribution in [0.1, 0.15) is 16.6 Å². The van der Waals surface area contributed by atoms with Gasteiger partial charge >= 0.3 is 6.03 Å². The first-order valence-corrected chi connectivity index (χ1v) is 10.2. The number of pyridine rings is 1. The van der Waals surface area contributed by atoms with Gasteiger partial charge in [-0.15, -0.1) is 11.3 Å². The Hall–Kier alpha value is -2.77. The molecule has 2 amide bonds. The van der Waals surface area contributed by atoms with Crippen LogP contribution in [0.25, 0.3) is 11.3 Å². The van der Waals surface area contributed by atoms with E-state index in [1.54, 1.807) is 23.7 Å². The number of likely N-dealkylation sites (N-methyl/N-ethyl adjacent to an activating group) is 1. The third kappa shape index (κ3) is 4.21. The first kappa shape index (κ1) is 18.6. The molecule has 1 unspecified atom stereocenters. The number of amides is 2. The zero-order chi connectivity index (χ0) is 19.3.